The standard InChI is InChI=1S/C63H38N4O2/c1-4-17-39(18-5-1)42-31-34-52-50(38-42)46-25-10-13-28-51(46)67(52)53-35-36-56-59(48-27-12-14-29-54(48)68-56)58(53)49-33-32-45(57-47-26-11-15-30-55(47)69-60(49)57)43-23-16-24-44(37-43)63-65-61(40-19-6-2-7-20-40)64-62(66-63)41-21-8-3-9-22-41/h1-38H. The Balaban J connectivity index is 1.02. The molecule has 0 N–H and O–H groups in total. The summed E-state index contributed by atoms with van der Waals surface area (Å²) in [5.74, 6) is 1.84. The van der Waals surface area contributed by atoms with Crippen LogP contribution in [0.15, 0.2) is 239 Å². The topological polar surface area (TPSA) is 69.9 Å². The van der Waals surface area contributed by atoms with Gasteiger partial charge in [-0.2, -0.15) is 0 Å². The fourth-order valence-electron chi connectivity index (χ4n) is 10.3. The average molecular weight is 883 g/mol. The molecule has 0 atom stereocenters. The fourth-order valence-corrected chi connectivity index (χ4v) is 10.3. The van der Waals surface area contributed by atoms with Crippen LogP contribution >= 0.6 is 0 Å². The first-order chi connectivity index (χ1) is 34.2. The highest BCUT2D eigenvalue weighted by Gasteiger charge is 2.26. The van der Waals surface area contributed by atoms with E-state index in [9.17, 15) is 0 Å². The molecule has 14 rings (SSSR count). The Morgan fingerprint density at radius 1 is 0.304 bits per heavy atom. The van der Waals surface area contributed by atoms with Crippen molar-refractivity contribution in [3.8, 4) is 73.2 Å². The lowest BCUT2D eigenvalue weighted by Crippen LogP contribution is -2.00. The van der Waals surface area contributed by atoms with Crippen molar-refractivity contribution < 1.29 is 8.83 Å². The van der Waals surface area contributed by atoms with Gasteiger partial charge in [0.1, 0.15) is 22.3 Å². The smallest absolute Gasteiger partial charge is 0.164 e. The molecule has 0 aliphatic carbocycles. The van der Waals surface area contributed by atoms with Crippen molar-refractivity contribution in [2.24, 2.45) is 0 Å². The van der Waals surface area contributed by atoms with E-state index in [0.717, 1.165) is 99.5 Å². The van der Waals surface area contributed by atoms with E-state index in [-0.39, 0.29) is 0 Å². The third-order valence-corrected chi connectivity index (χ3v) is 13.5. The van der Waals surface area contributed by atoms with Gasteiger partial charge in [0.15, 0.2) is 17.5 Å². The lowest BCUT2D eigenvalue weighted by Gasteiger charge is -2.17. The zero-order valence-electron chi connectivity index (χ0n) is 37.0. The maximum atomic E-state index is 7.12. The summed E-state index contributed by atoms with van der Waals surface area (Å²) in [6.45, 7) is 0. The summed E-state index contributed by atoms with van der Waals surface area (Å²) in [6.07, 6.45) is 0. The van der Waals surface area contributed by atoms with Crippen LogP contribution < -0.4 is 0 Å². The Labute approximate surface area is 396 Å². The predicted molar refractivity (Wildman–Crippen MR) is 281 cm³/mol. The van der Waals surface area contributed by atoms with Crippen LogP contribution in [0.25, 0.3) is 139 Å². The van der Waals surface area contributed by atoms with E-state index in [1.807, 2.05) is 72.8 Å². The van der Waals surface area contributed by atoms with Crippen LogP contribution in [0.3, 0.4) is 0 Å². The number of hydrogen-bond donors (Lipinski definition) is 0. The summed E-state index contributed by atoms with van der Waals surface area (Å²) in [5.41, 5.74) is 15.7. The molecule has 322 valence electrons. The zero-order valence-corrected chi connectivity index (χ0v) is 37.0. The van der Waals surface area contributed by atoms with Gasteiger partial charge in [-0.25, -0.2) is 15.0 Å². The molecule has 4 aromatic heterocycles. The second kappa shape index (κ2) is 15.6. The minimum absolute atomic E-state index is 0.597. The quantitative estimate of drug-likeness (QED) is 0.159. The molecule has 6 nitrogen and oxygen atoms in total. The summed E-state index contributed by atoms with van der Waals surface area (Å²) in [7, 11) is 0. The van der Waals surface area contributed by atoms with Gasteiger partial charge in [0.25, 0.3) is 0 Å². The molecule has 0 bridgehead atoms. The Kier molecular flexibility index (Phi) is 8.79. The number of benzene rings is 10. The lowest BCUT2D eigenvalue weighted by molar-refractivity contribution is 0.668. The molecule has 0 aliphatic rings. The molecule has 6 heteroatoms. The number of fused-ring (bicyclic) bond motifs is 9. The normalized spacial score (nSPS) is 11.8. The predicted octanol–water partition coefficient (Wildman–Crippen LogP) is 16.8. The van der Waals surface area contributed by atoms with E-state index >= 15 is 0 Å². The van der Waals surface area contributed by atoms with E-state index < -0.39 is 0 Å². The molecule has 0 fully saturated rings. The molecule has 69 heavy (non-hydrogen) atoms. The minimum atomic E-state index is 0.597. The van der Waals surface area contributed by atoms with Gasteiger partial charge >= 0.3 is 0 Å². The summed E-state index contributed by atoms with van der Waals surface area (Å²) >= 11 is 0. The van der Waals surface area contributed by atoms with Gasteiger partial charge in [-0.15, -0.1) is 0 Å². The van der Waals surface area contributed by atoms with E-state index in [4.69, 9.17) is 23.8 Å². The second-order valence-electron chi connectivity index (χ2n) is 17.5. The van der Waals surface area contributed by atoms with Gasteiger partial charge in [-0.3, -0.25) is 0 Å². The van der Waals surface area contributed by atoms with Gasteiger partial charge in [0, 0.05) is 60.1 Å². The zero-order chi connectivity index (χ0) is 45.4. The maximum absolute atomic E-state index is 7.12. The SMILES string of the molecule is c1ccc(-c2ccc3c(c2)c2ccccc2n3-c2ccc3oc4ccccc4c3c2-c2ccc(-c3cccc(-c4nc(-c5ccccc5)nc(-c5ccccc5)n4)c3)c3c2oc2ccccc23)cc1. The van der Waals surface area contributed by atoms with E-state index in [2.05, 4.69) is 162 Å². The number of para-hydroxylation sites is 3. The van der Waals surface area contributed by atoms with Crippen molar-refractivity contribution in [2.45, 2.75) is 0 Å². The van der Waals surface area contributed by atoms with Crippen LogP contribution in [0.1, 0.15) is 0 Å². The van der Waals surface area contributed by atoms with Crippen LogP contribution in [-0.4, -0.2) is 19.5 Å². The monoisotopic (exact) mass is 882 g/mol. The van der Waals surface area contributed by atoms with Gasteiger partial charge in [0.2, 0.25) is 0 Å². The third kappa shape index (κ3) is 6.30. The molecule has 0 saturated heterocycles. The van der Waals surface area contributed by atoms with Gasteiger partial charge in [-0.05, 0) is 76.9 Å². The molecule has 14 aromatic rings. The second-order valence-corrected chi connectivity index (χ2v) is 17.5. The molecule has 0 aliphatic heterocycles. The maximum Gasteiger partial charge on any atom is 0.164 e. The first-order valence-corrected chi connectivity index (χ1v) is 23.2. The fraction of sp³-hybridized carbons (Fsp3) is 0. The van der Waals surface area contributed by atoms with Crippen molar-refractivity contribution in [1.29, 1.82) is 0 Å². The van der Waals surface area contributed by atoms with E-state index in [1.165, 1.54) is 21.9 Å². The van der Waals surface area contributed by atoms with Gasteiger partial charge in [-0.1, -0.05) is 176 Å². The van der Waals surface area contributed by atoms with Crippen molar-refractivity contribution in [2.75, 3.05) is 0 Å². The van der Waals surface area contributed by atoms with E-state index in [0.29, 0.717) is 17.5 Å². The molecular formula is C63H38N4O2. The summed E-state index contributed by atoms with van der Waals surface area (Å²) < 4.78 is 16.2. The van der Waals surface area contributed by atoms with Crippen LogP contribution in [0.2, 0.25) is 0 Å². The minimum Gasteiger partial charge on any atom is -0.456 e. The number of nitrogens with zero attached hydrogens (tertiary/aromatic N) is 4. The molecule has 0 amide bonds. The first kappa shape index (κ1) is 38.8. The summed E-state index contributed by atoms with van der Waals surface area (Å²) in [6, 6.07) is 80.3. The number of hydrogen-bond acceptors (Lipinski definition) is 5. The first-order valence-electron chi connectivity index (χ1n) is 23.2. The van der Waals surface area contributed by atoms with Crippen molar-refractivity contribution >= 4 is 65.7 Å². The Hall–Kier alpha value is -9.39. The highest BCUT2D eigenvalue weighted by Crippen LogP contribution is 2.49. The Morgan fingerprint density at radius 3 is 1.55 bits per heavy atom. The largest absolute Gasteiger partial charge is 0.456 e. The highest BCUT2D eigenvalue weighted by atomic mass is 16.3. The van der Waals surface area contributed by atoms with Crippen LogP contribution in [0.4, 0.5) is 0 Å². The van der Waals surface area contributed by atoms with E-state index in [1.54, 1.807) is 0 Å². The molecule has 10 aromatic carbocycles. The highest BCUT2D eigenvalue weighted by molar-refractivity contribution is 6.22. The number of rotatable bonds is 7. The number of aromatic nitrogens is 4. The Bertz CT molecular complexity index is 4250. The van der Waals surface area contributed by atoms with Crippen LogP contribution in [-0.2, 0) is 0 Å². The lowest BCUT2D eigenvalue weighted by atomic mass is 9.91. The molecule has 0 radical (unpaired) electrons. The molecule has 0 saturated carbocycles. The van der Waals surface area contributed by atoms with Crippen LogP contribution in [0.5, 0.6) is 0 Å². The van der Waals surface area contributed by atoms with Gasteiger partial charge < -0.3 is 13.4 Å². The molecular weight excluding hydrogens is 845 g/mol. The van der Waals surface area contributed by atoms with Gasteiger partial charge in [0.05, 0.1) is 16.7 Å². The summed E-state index contributed by atoms with van der Waals surface area (Å²) in [4.78, 5) is 15.1. The molecule has 0 spiro atoms. The molecule has 4 heterocycles. The molecule has 0 unspecified atom stereocenters. The van der Waals surface area contributed by atoms with Crippen molar-refractivity contribution in [3.05, 3.63) is 231 Å². The summed E-state index contributed by atoms with van der Waals surface area (Å²) in [5, 5.41) is 6.50. The average Bonchev–Trinajstić information content (AvgIpc) is 4.11. The van der Waals surface area contributed by atoms with Crippen LogP contribution in [0, 0.1) is 0 Å². The van der Waals surface area contributed by atoms with Crippen molar-refractivity contribution in [1.82, 2.24) is 19.5 Å². The number of furan rings is 2. The Morgan fingerprint density at radius 2 is 0.841 bits per heavy atom. The third-order valence-electron chi connectivity index (χ3n) is 13.5. The van der Waals surface area contributed by atoms with Crippen molar-refractivity contribution in [3.63, 3.8) is 0 Å².